The second kappa shape index (κ2) is 9.22. The maximum atomic E-state index is 11.5. The average molecular weight is 450 g/mol. The fraction of sp³-hybridized carbons (Fsp3) is 0.320. The first-order valence-corrected chi connectivity index (χ1v) is 12.0. The third-order valence-electron chi connectivity index (χ3n) is 6.12. The molecule has 0 saturated carbocycles. The standard InChI is InChI=1S/C25H27N3O3S/c29-23-7-6-22(20-9-16-32-25(20)23)28-13-11-27(12-14-28)10-1-2-15-31-19-5-3-18-4-8-24(30)26-21(18)17-19/h3-9,16-17,29H,1-2,10-15H2,(H,26,30). The zero-order valence-electron chi connectivity index (χ0n) is 17.9. The molecule has 2 N–H and O–H groups in total. The number of pyridine rings is 1. The van der Waals surface area contributed by atoms with Gasteiger partial charge in [-0.25, -0.2) is 0 Å². The molecule has 1 aliphatic rings. The smallest absolute Gasteiger partial charge is 0.248 e. The number of aromatic amines is 1. The summed E-state index contributed by atoms with van der Waals surface area (Å²) >= 11 is 1.59. The molecule has 6 nitrogen and oxygen atoms in total. The molecule has 0 aliphatic carbocycles. The van der Waals surface area contributed by atoms with E-state index in [0.29, 0.717) is 12.4 Å². The lowest BCUT2D eigenvalue weighted by Crippen LogP contribution is -2.46. The van der Waals surface area contributed by atoms with Crippen LogP contribution in [0.4, 0.5) is 5.69 Å². The highest BCUT2D eigenvalue weighted by molar-refractivity contribution is 7.17. The van der Waals surface area contributed by atoms with E-state index in [0.717, 1.165) is 72.3 Å². The van der Waals surface area contributed by atoms with Gasteiger partial charge in [0, 0.05) is 49.4 Å². The molecule has 4 aromatic rings. The van der Waals surface area contributed by atoms with Crippen LogP contribution in [0.1, 0.15) is 12.8 Å². The molecule has 32 heavy (non-hydrogen) atoms. The fourth-order valence-corrected chi connectivity index (χ4v) is 5.20. The van der Waals surface area contributed by atoms with Crippen molar-refractivity contribution in [3.8, 4) is 11.5 Å². The van der Waals surface area contributed by atoms with Gasteiger partial charge in [-0.3, -0.25) is 9.69 Å². The number of phenolic OH excluding ortho intramolecular Hbond substituents is 1. The average Bonchev–Trinajstić information content (AvgIpc) is 3.30. The molecule has 7 heteroatoms. The molecule has 0 atom stereocenters. The number of aromatic hydroxyl groups is 1. The van der Waals surface area contributed by atoms with Crippen LogP contribution in [0.15, 0.2) is 58.7 Å². The Morgan fingerprint density at radius 3 is 2.72 bits per heavy atom. The molecule has 1 saturated heterocycles. The van der Waals surface area contributed by atoms with Crippen LogP contribution in [-0.4, -0.2) is 54.3 Å². The molecule has 3 heterocycles. The number of unbranched alkanes of at least 4 members (excludes halogenated alkanes) is 1. The summed E-state index contributed by atoms with van der Waals surface area (Å²) < 4.78 is 6.87. The SMILES string of the molecule is O=c1ccc2ccc(OCCCCN3CCN(c4ccc(O)c5sccc45)CC3)cc2[nH]1. The second-order valence-electron chi connectivity index (χ2n) is 8.22. The van der Waals surface area contributed by atoms with Gasteiger partial charge in [-0.1, -0.05) is 0 Å². The van der Waals surface area contributed by atoms with Gasteiger partial charge in [0.2, 0.25) is 5.56 Å². The Morgan fingerprint density at radius 2 is 1.84 bits per heavy atom. The maximum absolute atomic E-state index is 11.5. The van der Waals surface area contributed by atoms with Crippen LogP contribution in [0.5, 0.6) is 11.5 Å². The van der Waals surface area contributed by atoms with E-state index in [-0.39, 0.29) is 5.56 Å². The molecule has 1 aliphatic heterocycles. The number of hydrogen-bond acceptors (Lipinski definition) is 6. The maximum Gasteiger partial charge on any atom is 0.248 e. The summed E-state index contributed by atoms with van der Waals surface area (Å²) in [7, 11) is 0. The number of H-pyrrole nitrogens is 1. The highest BCUT2D eigenvalue weighted by atomic mass is 32.1. The molecule has 0 radical (unpaired) electrons. The summed E-state index contributed by atoms with van der Waals surface area (Å²) in [5, 5.41) is 14.3. The number of nitrogens with one attached hydrogen (secondary N) is 1. The zero-order valence-corrected chi connectivity index (χ0v) is 18.7. The largest absolute Gasteiger partial charge is 0.506 e. The first kappa shape index (κ1) is 20.8. The Kier molecular flexibility index (Phi) is 6.01. The summed E-state index contributed by atoms with van der Waals surface area (Å²) in [6, 6.07) is 15.1. The number of rotatable bonds is 7. The highest BCUT2D eigenvalue weighted by Gasteiger charge is 2.19. The van der Waals surface area contributed by atoms with Crippen LogP contribution in [0.2, 0.25) is 0 Å². The van der Waals surface area contributed by atoms with Gasteiger partial charge in [-0.15, -0.1) is 11.3 Å². The lowest BCUT2D eigenvalue weighted by molar-refractivity contribution is 0.239. The number of anilines is 1. The van der Waals surface area contributed by atoms with E-state index in [1.807, 2.05) is 41.8 Å². The Balaban J connectivity index is 1.06. The minimum Gasteiger partial charge on any atom is -0.506 e. The highest BCUT2D eigenvalue weighted by Crippen LogP contribution is 2.37. The van der Waals surface area contributed by atoms with Crippen molar-refractivity contribution >= 4 is 38.0 Å². The lowest BCUT2D eigenvalue weighted by atomic mass is 10.1. The van der Waals surface area contributed by atoms with Crippen LogP contribution >= 0.6 is 11.3 Å². The molecular weight excluding hydrogens is 422 g/mol. The van der Waals surface area contributed by atoms with Crippen molar-refractivity contribution in [1.29, 1.82) is 0 Å². The molecule has 0 amide bonds. The quantitative estimate of drug-likeness (QED) is 0.409. The van der Waals surface area contributed by atoms with E-state index in [2.05, 4.69) is 20.9 Å². The number of benzene rings is 2. The first-order valence-electron chi connectivity index (χ1n) is 11.1. The van der Waals surface area contributed by atoms with Gasteiger partial charge >= 0.3 is 0 Å². The third-order valence-corrected chi connectivity index (χ3v) is 7.06. The molecule has 0 bridgehead atoms. The van der Waals surface area contributed by atoms with Gasteiger partial charge in [0.25, 0.3) is 0 Å². The molecule has 5 rings (SSSR count). The number of nitrogens with zero attached hydrogens (tertiary/aromatic N) is 2. The minimum absolute atomic E-state index is 0.0973. The van der Waals surface area contributed by atoms with Gasteiger partial charge in [-0.05, 0) is 66.6 Å². The van der Waals surface area contributed by atoms with Crippen LogP contribution in [0.25, 0.3) is 21.0 Å². The Bertz CT molecular complexity index is 1270. The Labute approximate surface area is 190 Å². The van der Waals surface area contributed by atoms with Gasteiger partial charge in [-0.2, -0.15) is 0 Å². The number of piperazine rings is 1. The van der Waals surface area contributed by atoms with Crippen LogP contribution in [0.3, 0.4) is 0 Å². The van der Waals surface area contributed by atoms with E-state index < -0.39 is 0 Å². The fourth-order valence-electron chi connectivity index (χ4n) is 4.37. The van der Waals surface area contributed by atoms with E-state index in [4.69, 9.17) is 4.74 Å². The molecule has 0 unspecified atom stereocenters. The van der Waals surface area contributed by atoms with Crippen LogP contribution < -0.4 is 15.2 Å². The number of ether oxygens (including phenoxy) is 1. The number of aromatic nitrogens is 1. The minimum atomic E-state index is -0.0973. The molecule has 1 fully saturated rings. The van der Waals surface area contributed by atoms with Crippen molar-refractivity contribution in [2.45, 2.75) is 12.8 Å². The topological polar surface area (TPSA) is 68.8 Å². The lowest BCUT2D eigenvalue weighted by Gasteiger charge is -2.36. The molecular formula is C25H27N3O3S. The number of thiophene rings is 1. The van der Waals surface area contributed by atoms with E-state index >= 15 is 0 Å². The van der Waals surface area contributed by atoms with Crippen LogP contribution in [0, 0.1) is 0 Å². The molecule has 2 aromatic heterocycles. The van der Waals surface area contributed by atoms with E-state index in [1.165, 1.54) is 11.8 Å². The monoisotopic (exact) mass is 449 g/mol. The molecule has 0 spiro atoms. The summed E-state index contributed by atoms with van der Waals surface area (Å²) in [5.74, 6) is 1.16. The van der Waals surface area contributed by atoms with Crippen molar-refractivity contribution in [2.24, 2.45) is 0 Å². The Hall–Kier alpha value is -3.03. The van der Waals surface area contributed by atoms with Crippen molar-refractivity contribution in [2.75, 3.05) is 44.2 Å². The van der Waals surface area contributed by atoms with Gasteiger partial charge in [0.05, 0.1) is 16.8 Å². The van der Waals surface area contributed by atoms with Crippen molar-refractivity contribution in [3.63, 3.8) is 0 Å². The first-order chi connectivity index (χ1) is 15.7. The Morgan fingerprint density at radius 1 is 1.00 bits per heavy atom. The van der Waals surface area contributed by atoms with Gasteiger partial charge in [0.15, 0.2) is 0 Å². The summed E-state index contributed by atoms with van der Waals surface area (Å²) in [6.45, 7) is 5.84. The summed E-state index contributed by atoms with van der Waals surface area (Å²) in [6.07, 6.45) is 2.09. The summed E-state index contributed by atoms with van der Waals surface area (Å²) in [4.78, 5) is 19.3. The second-order valence-corrected chi connectivity index (χ2v) is 9.14. The summed E-state index contributed by atoms with van der Waals surface area (Å²) in [5.41, 5.74) is 1.94. The van der Waals surface area contributed by atoms with E-state index in [9.17, 15) is 9.90 Å². The van der Waals surface area contributed by atoms with Gasteiger partial charge < -0.3 is 19.7 Å². The molecule has 166 valence electrons. The van der Waals surface area contributed by atoms with Crippen LogP contribution in [-0.2, 0) is 0 Å². The third kappa shape index (κ3) is 4.45. The molecule has 2 aromatic carbocycles. The number of phenols is 1. The van der Waals surface area contributed by atoms with E-state index in [1.54, 1.807) is 11.3 Å². The predicted octanol–water partition coefficient (Wildman–Crippen LogP) is 4.43. The number of hydrogen-bond donors (Lipinski definition) is 2. The van der Waals surface area contributed by atoms with Gasteiger partial charge in [0.1, 0.15) is 11.5 Å². The van der Waals surface area contributed by atoms with Crippen molar-refractivity contribution < 1.29 is 9.84 Å². The van der Waals surface area contributed by atoms with Crippen molar-refractivity contribution in [1.82, 2.24) is 9.88 Å². The normalized spacial score (nSPS) is 14.9. The predicted molar refractivity (Wildman–Crippen MR) is 131 cm³/mol. The zero-order chi connectivity index (χ0) is 21.9. The van der Waals surface area contributed by atoms with Crippen molar-refractivity contribution in [3.05, 3.63) is 64.3 Å². The number of fused-ring (bicyclic) bond motifs is 2.